The molecule has 0 aliphatic heterocycles. The van der Waals surface area contributed by atoms with Crippen molar-refractivity contribution in [3.8, 4) is 0 Å². The van der Waals surface area contributed by atoms with Crippen LogP contribution in [0, 0.1) is 0 Å². The van der Waals surface area contributed by atoms with Crippen LogP contribution in [0.1, 0.15) is 37.8 Å². The first-order chi connectivity index (χ1) is 8.69. The molecule has 2 atom stereocenters. The minimum Gasteiger partial charge on any atom is -0.392 e. The number of aliphatic hydroxyl groups excluding tert-OH is 1. The second kappa shape index (κ2) is 8.01. The predicted molar refractivity (Wildman–Crippen MR) is 75.3 cm³/mol. The Morgan fingerprint density at radius 3 is 2.67 bits per heavy atom. The lowest BCUT2D eigenvalue weighted by atomic mass is 10.0. The molecular formula is C15H24N2O. The standard InChI is InChI=1S/C15H24N2O/c1-4-6-7-14(18)12-17(3)15(5-2)13-8-10-16-11-9-13/h4,8-11,14-15,18H,1,5-7,12H2,2-3H3. The van der Waals surface area contributed by atoms with Gasteiger partial charge >= 0.3 is 0 Å². The van der Waals surface area contributed by atoms with Crippen molar-refractivity contribution in [2.45, 2.75) is 38.3 Å². The molecule has 0 aliphatic carbocycles. The van der Waals surface area contributed by atoms with Gasteiger partial charge in [-0.15, -0.1) is 6.58 Å². The van der Waals surface area contributed by atoms with Crippen molar-refractivity contribution in [2.24, 2.45) is 0 Å². The average Bonchev–Trinajstić information content (AvgIpc) is 2.38. The van der Waals surface area contributed by atoms with Gasteiger partial charge in [0.25, 0.3) is 0 Å². The number of nitrogens with zero attached hydrogens (tertiary/aromatic N) is 2. The van der Waals surface area contributed by atoms with E-state index < -0.39 is 0 Å². The van der Waals surface area contributed by atoms with E-state index in [0.29, 0.717) is 12.6 Å². The van der Waals surface area contributed by atoms with Crippen molar-refractivity contribution < 1.29 is 5.11 Å². The highest BCUT2D eigenvalue weighted by Gasteiger charge is 2.17. The Morgan fingerprint density at radius 2 is 2.11 bits per heavy atom. The van der Waals surface area contributed by atoms with Gasteiger partial charge in [0.05, 0.1) is 6.10 Å². The third kappa shape index (κ3) is 4.59. The van der Waals surface area contributed by atoms with Crippen molar-refractivity contribution in [2.75, 3.05) is 13.6 Å². The molecule has 1 rings (SSSR count). The summed E-state index contributed by atoms with van der Waals surface area (Å²) in [7, 11) is 2.06. The molecule has 3 nitrogen and oxygen atoms in total. The van der Waals surface area contributed by atoms with Crippen molar-refractivity contribution >= 4 is 0 Å². The van der Waals surface area contributed by atoms with Crippen LogP contribution in [0.15, 0.2) is 37.2 Å². The van der Waals surface area contributed by atoms with Crippen LogP contribution in [-0.4, -0.2) is 34.7 Å². The molecule has 0 spiro atoms. The SMILES string of the molecule is C=CCCC(O)CN(C)C(CC)c1ccncc1. The summed E-state index contributed by atoms with van der Waals surface area (Å²) >= 11 is 0. The molecule has 1 N–H and O–H groups in total. The van der Waals surface area contributed by atoms with Gasteiger partial charge in [-0.1, -0.05) is 13.0 Å². The van der Waals surface area contributed by atoms with Crippen LogP contribution in [0.5, 0.6) is 0 Å². The largest absolute Gasteiger partial charge is 0.392 e. The molecule has 0 saturated carbocycles. The zero-order valence-corrected chi connectivity index (χ0v) is 11.4. The molecule has 0 amide bonds. The maximum Gasteiger partial charge on any atom is 0.0670 e. The summed E-state index contributed by atoms with van der Waals surface area (Å²) in [6, 6.07) is 4.42. The van der Waals surface area contributed by atoms with Crippen LogP contribution in [0.3, 0.4) is 0 Å². The van der Waals surface area contributed by atoms with Crippen LogP contribution in [0.25, 0.3) is 0 Å². The Hall–Kier alpha value is -1.19. The van der Waals surface area contributed by atoms with Crippen LogP contribution in [-0.2, 0) is 0 Å². The topological polar surface area (TPSA) is 36.4 Å². The number of likely N-dealkylation sites (N-methyl/N-ethyl adjacent to an activating group) is 1. The van der Waals surface area contributed by atoms with Crippen molar-refractivity contribution in [1.29, 1.82) is 0 Å². The van der Waals surface area contributed by atoms with Gasteiger partial charge < -0.3 is 5.11 Å². The van der Waals surface area contributed by atoms with Gasteiger partial charge in [-0.25, -0.2) is 0 Å². The Bertz CT molecular complexity index is 340. The third-order valence-corrected chi connectivity index (χ3v) is 3.21. The summed E-state index contributed by atoms with van der Waals surface area (Å²) < 4.78 is 0. The molecule has 3 heteroatoms. The van der Waals surface area contributed by atoms with E-state index in [-0.39, 0.29) is 6.10 Å². The Morgan fingerprint density at radius 1 is 1.44 bits per heavy atom. The van der Waals surface area contributed by atoms with E-state index >= 15 is 0 Å². The highest BCUT2D eigenvalue weighted by Crippen LogP contribution is 2.22. The summed E-state index contributed by atoms with van der Waals surface area (Å²) in [5.41, 5.74) is 1.26. The zero-order valence-electron chi connectivity index (χ0n) is 11.4. The molecule has 18 heavy (non-hydrogen) atoms. The molecule has 0 aromatic carbocycles. The van der Waals surface area contributed by atoms with Crippen LogP contribution in [0.4, 0.5) is 0 Å². The summed E-state index contributed by atoms with van der Waals surface area (Å²) in [6.45, 7) is 6.53. The summed E-state index contributed by atoms with van der Waals surface area (Å²) in [4.78, 5) is 6.26. The summed E-state index contributed by atoms with van der Waals surface area (Å²) in [5.74, 6) is 0. The van der Waals surface area contributed by atoms with E-state index in [1.165, 1.54) is 5.56 Å². The Labute approximate surface area is 110 Å². The number of aliphatic hydroxyl groups is 1. The molecule has 1 aromatic rings. The molecule has 0 aliphatic rings. The zero-order chi connectivity index (χ0) is 13.4. The molecular weight excluding hydrogens is 224 g/mol. The van der Waals surface area contributed by atoms with Crippen molar-refractivity contribution in [1.82, 2.24) is 9.88 Å². The van der Waals surface area contributed by atoms with Gasteiger partial charge in [-0.3, -0.25) is 9.88 Å². The van der Waals surface area contributed by atoms with E-state index in [9.17, 15) is 5.11 Å². The van der Waals surface area contributed by atoms with Gasteiger partial charge in [0, 0.05) is 25.0 Å². The first-order valence-electron chi connectivity index (χ1n) is 6.58. The number of pyridine rings is 1. The number of hydrogen-bond donors (Lipinski definition) is 1. The maximum absolute atomic E-state index is 9.94. The van der Waals surface area contributed by atoms with E-state index in [1.807, 2.05) is 30.6 Å². The van der Waals surface area contributed by atoms with Gasteiger partial charge in [0.1, 0.15) is 0 Å². The summed E-state index contributed by atoms with van der Waals surface area (Å²) in [6.07, 6.45) is 7.86. The lowest BCUT2D eigenvalue weighted by Crippen LogP contribution is -2.32. The average molecular weight is 248 g/mol. The number of rotatable bonds is 8. The fourth-order valence-corrected chi connectivity index (χ4v) is 2.25. The lowest BCUT2D eigenvalue weighted by molar-refractivity contribution is 0.0965. The fourth-order valence-electron chi connectivity index (χ4n) is 2.25. The highest BCUT2D eigenvalue weighted by atomic mass is 16.3. The van der Waals surface area contributed by atoms with E-state index in [0.717, 1.165) is 19.3 Å². The van der Waals surface area contributed by atoms with Gasteiger partial charge in [0.15, 0.2) is 0 Å². The van der Waals surface area contributed by atoms with Crippen LogP contribution in [0.2, 0.25) is 0 Å². The Kier molecular flexibility index (Phi) is 6.61. The minimum atomic E-state index is -0.288. The summed E-state index contributed by atoms with van der Waals surface area (Å²) in [5, 5.41) is 9.94. The second-order valence-corrected chi connectivity index (χ2v) is 4.66. The first kappa shape index (κ1) is 14.9. The number of aromatic nitrogens is 1. The Balaban J connectivity index is 2.57. The molecule has 100 valence electrons. The van der Waals surface area contributed by atoms with Crippen LogP contribution < -0.4 is 0 Å². The maximum atomic E-state index is 9.94. The molecule has 2 unspecified atom stereocenters. The fraction of sp³-hybridized carbons (Fsp3) is 0.533. The minimum absolute atomic E-state index is 0.288. The van der Waals surface area contributed by atoms with Gasteiger partial charge in [0.2, 0.25) is 0 Å². The third-order valence-electron chi connectivity index (χ3n) is 3.21. The smallest absolute Gasteiger partial charge is 0.0670 e. The van der Waals surface area contributed by atoms with Crippen molar-refractivity contribution in [3.05, 3.63) is 42.7 Å². The second-order valence-electron chi connectivity index (χ2n) is 4.66. The number of allylic oxidation sites excluding steroid dienone is 1. The van der Waals surface area contributed by atoms with Crippen molar-refractivity contribution in [3.63, 3.8) is 0 Å². The monoisotopic (exact) mass is 248 g/mol. The highest BCUT2D eigenvalue weighted by molar-refractivity contribution is 5.14. The molecule has 1 aromatic heterocycles. The van der Waals surface area contributed by atoms with Gasteiger partial charge in [-0.2, -0.15) is 0 Å². The van der Waals surface area contributed by atoms with E-state index in [2.05, 4.69) is 30.4 Å². The van der Waals surface area contributed by atoms with Gasteiger partial charge in [-0.05, 0) is 44.0 Å². The van der Waals surface area contributed by atoms with E-state index in [1.54, 1.807) is 0 Å². The molecule has 0 fully saturated rings. The molecule has 1 heterocycles. The first-order valence-corrected chi connectivity index (χ1v) is 6.58. The molecule has 0 saturated heterocycles. The lowest BCUT2D eigenvalue weighted by Gasteiger charge is -2.29. The normalized spacial score (nSPS) is 14.4. The number of hydrogen-bond acceptors (Lipinski definition) is 3. The predicted octanol–water partition coefficient (Wildman–Crippen LogP) is 2.79. The quantitative estimate of drug-likeness (QED) is 0.719. The molecule has 0 bridgehead atoms. The molecule has 0 radical (unpaired) electrons. The van der Waals surface area contributed by atoms with E-state index in [4.69, 9.17) is 0 Å². The van der Waals surface area contributed by atoms with Crippen LogP contribution >= 0.6 is 0 Å².